The van der Waals surface area contributed by atoms with Crippen molar-refractivity contribution in [2.24, 2.45) is 0 Å². The molecule has 0 bridgehead atoms. The van der Waals surface area contributed by atoms with Crippen LogP contribution < -0.4 is 4.74 Å². The summed E-state index contributed by atoms with van der Waals surface area (Å²) in [5.74, 6) is 1.84. The van der Waals surface area contributed by atoms with Gasteiger partial charge in [-0.15, -0.1) is 0 Å². The van der Waals surface area contributed by atoms with Crippen LogP contribution in [0.5, 0.6) is 11.5 Å². The molecule has 0 saturated heterocycles. The van der Waals surface area contributed by atoms with Crippen molar-refractivity contribution < 1.29 is 4.74 Å². The Morgan fingerprint density at radius 2 is 1.10 bits per heavy atom. The van der Waals surface area contributed by atoms with Crippen LogP contribution in [0.3, 0.4) is 0 Å². The second-order valence-corrected chi connectivity index (χ2v) is 10.9. The molecule has 8 aromatic rings. The molecular formula is C40H24O. The van der Waals surface area contributed by atoms with E-state index in [1.54, 1.807) is 0 Å². The molecule has 8 aromatic carbocycles. The van der Waals surface area contributed by atoms with Gasteiger partial charge in [-0.05, 0) is 89.8 Å². The van der Waals surface area contributed by atoms with Crippen molar-refractivity contribution in [2.75, 3.05) is 0 Å². The maximum atomic E-state index is 6.34. The van der Waals surface area contributed by atoms with Gasteiger partial charge in [0.05, 0.1) is 0 Å². The molecule has 0 fully saturated rings. The molecular weight excluding hydrogens is 496 g/mol. The molecule has 1 heteroatoms. The largest absolute Gasteiger partial charge is 0.456 e. The first-order valence-corrected chi connectivity index (χ1v) is 14.1. The Labute approximate surface area is 237 Å². The van der Waals surface area contributed by atoms with E-state index in [0.717, 1.165) is 17.1 Å². The van der Waals surface area contributed by atoms with Crippen molar-refractivity contribution in [3.63, 3.8) is 0 Å². The summed E-state index contributed by atoms with van der Waals surface area (Å²) in [6.07, 6.45) is 0. The molecule has 41 heavy (non-hydrogen) atoms. The van der Waals surface area contributed by atoms with Crippen LogP contribution in [0.15, 0.2) is 146 Å². The predicted octanol–water partition coefficient (Wildman–Crippen LogP) is 11.4. The summed E-state index contributed by atoms with van der Waals surface area (Å²) in [6.45, 7) is 0. The van der Waals surface area contributed by atoms with Gasteiger partial charge < -0.3 is 4.74 Å². The lowest BCUT2D eigenvalue weighted by Gasteiger charge is -2.22. The standard InChI is InChI=1S/C40H24O/c1-2-9-25(10-3-1)39-31-12-5-4-11-26(31)24-36-30-19-17-27(23-28(30)18-20-35(36)39)29-21-22-38-40-33(29)14-8-15-34(40)32-13-6-7-16-37(32)41-38/h1-24H. The molecule has 0 radical (unpaired) electrons. The molecule has 190 valence electrons. The van der Waals surface area contributed by atoms with E-state index in [4.69, 9.17) is 4.74 Å². The third kappa shape index (κ3) is 3.30. The summed E-state index contributed by atoms with van der Waals surface area (Å²) < 4.78 is 6.34. The first kappa shape index (κ1) is 22.4. The van der Waals surface area contributed by atoms with Gasteiger partial charge in [0.2, 0.25) is 0 Å². The van der Waals surface area contributed by atoms with Crippen molar-refractivity contribution in [1.29, 1.82) is 0 Å². The second kappa shape index (κ2) is 8.55. The van der Waals surface area contributed by atoms with E-state index in [0.29, 0.717) is 0 Å². The molecule has 1 heterocycles. The van der Waals surface area contributed by atoms with Crippen LogP contribution in [0, 0.1) is 0 Å². The maximum absolute atomic E-state index is 6.34. The number of hydrogen-bond acceptors (Lipinski definition) is 1. The van der Waals surface area contributed by atoms with Gasteiger partial charge in [-0.25, -0.2) is 0 Å². The molecule has 1 aliphatic rings. The first-order valence-electron chi connectivity index (χ1n) is 14.1. The maximum Gasteiger partial charge on any atom is 0.135 e. The smallest absolute Gasteiger partial charge is 0.135 e. The van der Waals surface area contributed by atoms with E-state index in [2.05, 4.69) is 133 Å². The Morgan fingerprint density at radius 1 is 0.341 bits per heavy atom. The zero-order valence-corrected chi connectivity index (χ0v) is 22.3. The summed E-state index contributed by atoms with van der Waals surface area (Å²) >= 11 is 0. The predicted molar refractivity (Wildman–Crippen MR) is 173 cm³/mol. The molecule has 0 unspecified atom stereocenters. The van der Waals surface area contributed by atoms with Crippen LogP contribution in [0.25, 0.3) is 76.5 Å². The number of rotatable bonds is 2. The Hall–Kier alpha value is -5.40. The number of para-hydroxylation sites is 1. The summed E-state index contributed by atoms with van der Waals surface area (Å²) in [5.41, 5.74) is 7.36. The molecule has 0 aliphatic carbocycles. The monoisotopic (exact) mass is 520 g/mol. The molecule has 0 N–H and O–H groups in total. The zero-order valence-electron chi connectivity index (χ0n) is 22.3. The fourth-order valence-electron chi connectivity index (χ4n) is 6.79. The van der Waals surface area contributed by atoms with Crippen LogP contribution in [-0.4, -0.2) is 0 Å². The Morgan fingerprint density at radius 3 is 2.05 bits per heavy atom. The first-order chi connectivity index (χ1) is 20.3. The van der Waals surface area contributed by atoms with Gasteiger partial charge in [0.15, 0.2) is 0 Å². The van der Waals surface area contributed by atoms with Crippen LogP contribution in [0.4, 0.5) is 0 Å². The van der Waals surface area contributed by atoms with Crippen LogP contribution in [0.2, 0.25) is 0 Å². The van der Waals surface area contributed by atoms with Crippen LogP contribution in [0.1, 0.15) is 0 Å². The van der Waals surface area contributed by atoms with Crippen molar-refractivity contribution in [2.45, 2.75) is 0 Å². The summed E-state index contributed by atoms with van der Waals surface area (Å²) in [4.78, 5) is 0. The third-order valence-corrected chi connectivity index (χ3v) is 8.63. The van der Waals surface area contributed by atoms with Gasteiger partial charge in [-0.3, -0.25) is 0 Å². The minimum Gasteiger partial charge on any atom is -0.456 e. The fourth-order valence-corrected chi connectivity index (χ4v) is 6.79. The van der Waals surface area contributed by atoms with E-state index >= 15 is 0 Å². The van der Waals surface area contributed by atoms with E-state index in [1.807, 2.05) is 12.1 Å². The third-order valence-electron chi connectivity index (χ3n) is 8.63. The van der Waals surface area contributed by atoms with E-state index < -0.39 is 0 Å². The van der Waals surface area contributed by atoms with Crippen molar-refractivity contribution in [3.05, 3.63) is 146 Å². The molecule has 0 saturated carbocycles. The summed E-state index contributed by atoms with van der Waals surface area (Å²) in [7, 11) is 0. The molecule has 0 spiro atoms. The minimum absolute atomic E-state index is 0.917. The Bertz CT molecular complexity index is 2330. The summed E-state index contributed by atoms with van der Waals surface area (Å²) in [5, 5.41) is 10.0. The normalized spacial score (nSPS) is 12.1. The summed E-state index contributed by atoms with van der Waals surface area (Å²) in [6, 6.07) is 52.6. The topological polar surface area (TPSA) is 9.23 Å². The number of ether oxygens (including phenoxy) is 1. The van der Waals surface area contributed by atoms with Crippen LogP contribution >= 0.6 is 0 Å². The van der Waals surface area contributed by atoms with Gasteiger partial charge >= 0.3 is 0 Å². The van der Waals surface area contributed by atoms with Gasteiger partial charge in [-0.2, -0.15) is 0 Å². The SMILES string of the molecule is c1ccc(-c2c3ccccc3cc3c2ccc2cc(-c4ccc5c6c(cccc46)-c4ccccc4O5)ccc23)cc1. The minimum atomic E-state index is 0.917. The highest BCUT2D eigenvalue weighted by Gasteiger charge is 2.21. The molecule has 1 nitrogen and oxygen atoms in total. The molecule has 1 aliphatic heterocycles. The van der Waals surface area contributed by atoms with E-state index in [1.165, 1.54) is 70.9 Å². The van der Waals surface area contributed by atoms with Crippen molar-refractivity contribution in [3.8, 4) is 44.9 Å². The van der Waals surface area contributed by atoms with Crippen molar-refractivity contribution >= 4 is 43.1 Å². The highest BCUT2D eigenvalue weighted by Crippen LogP contribution is 2.49. The molecule has 9 rings (SSSR count). The lowest BCUT2D eigenvalue weighted by atomic mass is 9.88. The fraction of sp³-hybridized carbons (Fsp3) is 0. The average Bonchev–Trinajstić information content (AvgIpc) is 3.04. The van der Waals surface area contributed by atoms with Crippen molar-refractivity contribution in [1.82, 2.24) is 0 Å². The molecule has 0 aromatic heterocycles. The zero-order chi connectivity index (χ0) is 26.9. The second-order valence-electron chi connectivity index (χ2n) is 10.9. The van der Waals surface area contributed by atoms with E-state index in [-0.39, 0.29) is 0 Å². The highest BCUT2D eigenvalue weighted by molar-refractivity contribution is 6.20. The lowest BCUT2D eigenvalue weighted by Crippen LogP contribution is -1.97. The van der Waals surface area contributed by atoms with Gasteiger partial charge in [0.1, 0.15) is 11.5 Å². The quantitative estimate of drug-likeness (QED) is 0.163. The van der Waals surface area contributed by atoms with E-state index in [9.17, 15) is 0 Å². The van der Waals surface area contributed by atoms with Gasteiger partial charge in [-0.1, -0.05) is 121 Å². The van der Waals surface area contributed by atoms with Crippen LogP contribution in [-0.2, 0) is 0 Å². The molecule has 0 atom stereocenters. The lowest BCUT2D eigenvalue weighted by molar-refractivity contribution is 0.487. The number of benzene rings is 8. The number of fused-ring (bicyclic) bond motifs is 6. The highest BCUT2D eigenvalue weighted by atomic mass is 16.5. The van der Waals surface area contributed by atoms with Gasteiger partial charge in [0.25, 0.3) is 0 Å². The Kier molecular flexibility index (Phi) is 4.67. The van der Waals surface area contributed by atoms with Gasteiger partial charge in [0, 0.05) is 10.9 Å². The molecule has 0 amide bonds. The average molecular weight is 521 g/mol. The Balaban J connectivity index is 1.28. The number of hydrogen-bond donors (Lipinski definition) is 0.